The lowest BCUT2D eigenvalue weighted by Gasteiger charge is -2.22. The Bertz CT molecular complexity index is 670. The van der Waals surface area contributed by atoms with Crippen molar-refractivity contribution < 1.29 is 4.79 Å². The molecule has 1 heterocycles. The molecule has 0 unspecified atom stereocenters. The summed E-state index contributed by atoms with van der Waals surface area (Å²) in [5.41, 5.74) is 1.51. The summed E-state index contributed by atoms with van der Waals surface area (Å²) >= 11 is 0. The van der Waals surface area contributed by atoms with Gasteiger partial charge in [0.1, 0.15) is 0 Å². The van der Waals surface area contributed by atoms with Gasteiger partial charge in [-0.2, -0.15) is 10.1 Å². The van der Waals surface area contributed by atoms with Gasteiger partial charge in [-0.1, -0.05) is 19.9 Å². The first kappa shape index (κ1) is 17.7. The van der Waals surface area contributed by atoms with Gasteiger partial charge in [-0.15, -0.1) is 5.10 Å². The smallest absolute Gasteiger partial charge is 0.249 e. The largest absolute Gasteiger partial charge is 0.355 e. The van der Waals surface area contributed by atoms with E-state index in [0.29, 0.717) is 5.95 Å². The van der Waals surface area contributed by atoms with Crippen molar-refractivity contribution in [3.05, 3.63) is 30.5 Å². The normalized spacial score (nSPS) is 10.3. The molecule has 0 aliphatic carbocycles. The molecule has 1 aromatic carbocycles. The van der Waals surface area contributed by atoms with Crippen molar-refractivity contribution >= 4 is 29.0 Å². The Morgan fingerprint density at radius 2 is 1.88 bits per heavy atom. The molecule has 0 radical (unpaired) electrons. The summed E-state index contributed by atoms with van der Waals surface area (Å²) in [6, 6.07) is 7.39. The molecule has 2 N–H and O–H groups in total. The van der Waals surface area contributed by atoms with Gasteiger partial charge in [0.05, 0.1) is 6.20 Å². The van der Waals surface area contributed by atoms with Crippen LogP contribution < -0.4 is 15.5 Å². The fourth-order valence-electron chi connectivity index (χ4n) is 2.39. The number of aromatic nitrogens is 3. The van der Waals surface area contributed by atoms with E-state index < -0.39 is 0 Å². The molecule has 1 aromatic heterocycles. The average molecular weight is 328 g/mol. The summed E-state index contributed by atoms with van der Waals surface area (Å²) in [5.74, 6) is 1.14. The van der Waals surface area contributed by atoms with Gasteiger partial charge in [0.2, 0.25) is 11.9 Å². The Hall–Kier alpha value is -2.70. The predicted molar refractivity (Wildman–Crippen MR) is 96.7 cm³/mol. The fourth-order valence-corrected chi connectivity index (χ4v) is 2.39. The van der Waals surface area contributed by atoms with Gasteiger partial charge in [-0.3, -0.25) is 4.79 Å². The summed E-state index contributed by atoms with van der Waals surface area (Å²) in [7, 11) is 0. The summed E-state index contributed by atoms with van der Waals surface area (Å²) in [5, 5.41) is 14.0. The lowest BCUT2D eigenvalue weighted by Crippen LogP contribution is -2.26. The molecule has 0 aliphatic rings. The van der Waals surface area contributed by atoms with Gasteiger partial charge in [-0.05, 0) is 31.0 Å². The van der Waals surface area contributed by atoms with Crippen molar-refractivity contribution in [2.75, 3.05) is 28.6 Å². The maximum Gasteiger partial charge on any atom is 0.249 e. The van der Waals surface area contributed by atoms with Crippen LogP contribution in [0.3, 0.4) is 0 Å². The van der Waals surface area contributed by atoms with Crippen LogP contribution in [0.15, 0.2) is 30.5 Å². The highest BCUT2D eigenvalue weighted by Crippen LogP contribution is 2.19. The molecule has 24 heavy (non-hydrogen) atoms. The van der Waals surface area contributed by atoms with Crippen molar-refractivity contribution in [3.63, 3.8) is 0 Å². The maximum atomic E-state index is 11.2. The SMILES string of the molecule is CCCN(CCC)c1cnnc(Nc2cccc(NC(C)=O)c2)n1. The Balaban J connectivity index is 2.15. The van der Waals surface area contributed by atoms with Gasteiger partial charge in [-0.25, -0.2) is 0 Å². The predicted octanol–water partition coefficient (Wildman–Crippen LogP) is 3.20. The molecular weight excluding hydrogens is 304 g/mol. The molecule has 1 amide bonds. The zero-order valence-electron chi connectivity index (χ0n) is 14.4. The van der Waals surface area contributed by atoms with Gasteiger partial charge < -0.3 is 15.5 Å². The molecule has 0 aliphatic heterocycles. The number of benzene rings is 1. The summed E-state index contributed by atoms with van der Waals surface area (Å²) in [6.07, 6.45) is 3.78. The van der Waals surface area contributed by atoms with E-state index in [0.717, 1.165) is 43.1 Å². The number of anilines is 4. The zero-order chi connectivity index (χ0) is 17.4. The fraction of sp³-hybridized carbons (Fsp3) is 0.412. The van der Waals surface area contributed by atoms with E-state index in [1.54, 1.807) is 6.20 Å². The molecule has 0 atom stereocenters. The monoisotopic (exact) mass is 328 g/mol. The van der Waals surface area contributed by atoms with Crippen molar-refractivity contribution in [2.45, 2.75) is 33.6 Å². The highest BCUT2D eigenvalue weighted by Gasteiger charge is 2.09. The average Bonchev–Trinajstić information content (AvgIpc) is 2.54. The van der Waals surface area contributed by atoms with Crippen molar-refractivity contribution in [1.82, 2.24) is 15.2 Å². The number of hydrogen-bond acceptors (Lipinski definition) is 6. The number of carbonyl (C=O) groups excluding carboxylic acids is 1. The number of hydrogen-bond donors (Lipinski definition) is 2. The van der Waals surface area contributed by atoms with Crippen LogP contribution >= 0.6 is 0 Å². The number of nitrogens with one attached hydrogen (secondary N) is 2. The topological polar surface area (TPSA) is 83.0 Å². The van der Waals surface area contributed by atoms with Gasteiger partial charge in [0, 0.05) is 31.4 Å². The molecule has 2 rings (SSSR count). The van der Waals surface area contributed by atoms with Gasteiger partial charge >= 0.3 is 0 Å². The highest BCUT2D eigenvalue weighted by molar-refractivity contribution is 5.89. The van der Waals surface area contributed by atoms with Crippen LogP contribution in [-0.2, 0) is 4.79 Å². The van der Waals surface area contributed by atoms with Crippen LogP contribution in [-0.4, -0.2) is 34.2 Å². The molecule has 7 nitrogen and oxygen atoms in total. The molecule has 0 saturated heterocycles. The lowest BCUT2D eigenvalue weighted by molar-refractivity contribution is -0.114. The molecule has 0 saturated carbocycles. The maximum absolute atomic E-state index is 11.2. The third kappa shape index (κ3) is 5.19. The number of amides is 1. The first-order valence-electron chi connectivity index (χ1n) is 8.21. The summed E-state index contributed by atoms with van der Waals surface area (Å²) in [6.45, 7) is 7.63. The van der Waals surface area contributed by atoms with Gasteiger partial charge in [0.15, 0.2) is 5.82 Å². The Morgan fingerprint density at radius 3 is 2.54 bits per heavy atom. The van der Waals surface area contributed by atoms with Crippen molar-refractivity contribution in [2.24, 2.45) is 0 Å². The second-order valence-electron chi connectivity index (χ2n) is 5.51. The number of carbonyl (C=O) groups is 1. The van der Waals surface area contributed by atoms with E-state index in [-0.39, 0.29) is 5.91 Å². The van der Waals surface area contributed by atoms with Crippen molar-refractivity contribution in [3.8, 4) is 0 Å². The molecule has 0 fully saturated rings. The Kier molecular flexibility index (Phi) is 6.48. The lowest BCUT2D eigenvalue weighted by atomic mass is 10.3. The van der Waals surface area contributed by atoms with Crippen LogP contribution in [0.2, 0.25) is 0 Å². The Labute approximate surface area is 142 Å². The van der Waals surface area contributed by atoms with Crippen LogP contribution in [0.25, 0.3) is 0 Å². The minimum absolute atomic E-state index is 0.109. The van der Waals surface area contributed by atoms with E-state index in [1.165, 1.54) is 6.92 Å². The van der Waals surface area contributed by atoms with Crippen LogP contribution in [0.1, 0.15) is 33.6 Å². The molecule has 2 aromatic rings. The third-order valence-corrected chi connectivity index (χ3v) is 3.30. The molecule has 128 valence electrons. The number of nitrogens with zero attached hydrogens (tertiary/aromatic N) is 4. The first-order valence-corrected chi connectivity index (χ1v) is 8.21. The van der Waals surface area contributed by atoms with Crippen LogP contribution in [0, 0.1) is 0 Å². The van der Waals surface area contributed by atoms with E-state index in [4.69, 9.17) is 0 Å². The summed E-state index contributed by atoms with van der Waals surface area (Å²) < 4.78 is 0. The second kappa shape index (κ2) is 8.81. The molecule has 0 spiro atoms. The second-order valence-corrected chi connectivity index (χ2v) is 5.51. The minimum atomic E-state index is -0.109. The molecule has 0 bridgehead atoms. The van der Waals surface area contributed by atoms with E-state index in [9.17, 15) is 4.79 Å². The van der Waals surface area contributed by atoms with E-state index in [2.05, 4.69) is 44.6 Å². The zero-order valence-corrected chi connectivity index (χ0v) is 14.4. The quantitative estimate of drug-likeness (QED) is 0.774. The first-order chi connectivity index (χ1) is 11.6. The van der Waals surface area contributed by atoms with E-state index in [1.807, 2.05) is 24.3 Å². The van der Waals surface area contributed by atoms with E-state index >= 15 is 0 Å². The molecular formula is C17H24N6O. The van der Waals surface area contributed by atoms with Crippen LogP contribution in [0.5, 0.6) is 0 Å². The van der Waals surface area contributed by atoms with Crippen molar-refractivity contribution in [1.29, 1.82) is 0 Å². The highest BCUT2D eigenvalue weighted by atomic mass is 16.1. The number of rotatable bonds is 8. The third-order valence-electron chi connectivity index (χ3n) is 3.30. The Morgan fingerprint density at radius 1 is 1.17 bits per heavy atom. The minimum Gasteiger partial charge on any atom is -0.355 e. The molecule has 7 heteroatoms. The standard InChI is InChI=1S/C17H24N6O/c1-4-9-23(10-5-2)16-12-18-22-17(21-16)20-15-8-6-7-14(11-15)19-13(3)24/h6-8,11-12H,4-5,9-10H2,1-3H3,(H,19,24)(H,20,21,22). The van der Waals surface area contributed by atoms with Gasteiger partial charge in [0.25, 0.3) is 0 Å². The van der Waals surface area contributed by atoms with Crippen LogP contribution in [0.4, 0.5) is 23.1 Å². The summed E-state index contributed by atoms with van der Waals surface area (Å²) in [4.78, 5) is 17.9.